The van der Waals surface area contributed by atoms with E-state index in [0.29, 0.717) is 23.6 Å². The lowest BCUT2D eigenvalue weighted by atomic mass is 10.0. The summed E-state index contributed by atoms with van der Waals surface area (Å²) >= 11 is 0. The molecule has 152 valence electrons. The zero-order valence-corrected chi connectivity index (χ0v) is 16.7. The van der Waals surface area contributed by atoms with E-state index in [4.69, 9.17) is 0 Å². The van der Waals surface area contributed by atoms with Gasteiger partial charge in [0.15, 0.2) is 5.82 Å². The standard InChI is InChI=1S/C20H26N8O/c1-12-5-17(26-25-12)24-20(29)28-9-14-6-13(7-15(14)10-28)8-27(2)19-16-3-4-21-18(16)22-11-23-19/h3-5,11,13-15H,6-10H2,1-2H3,(H,21,22,23)(H2,24,25,26,29). The Morgan fingerprint density at radius 2 is 2.10 bits per heavy atom. The summed E-state index contributed by atoms with van der Waals surface area (Å²) in [5.41, 5.74) is 1.81. The molecule has 0 spiro atoms. The number of likely N-dealkylation sites (tertiary alicyclic amines) is 1. The molecule has 1 aliphatic carbocycles. The van der Waals surface area contributed by atoms with E-state index in [1.165, 1.54) is 0 Å². The Morgan fingerprint density at radius 3 is 2.83 bits per heavy atom. The monoisotopic (exact) mass is 394 g/mol. The number of rotatable bonds is 4. The van der Waals surface area contributed by atoms with Crippen LogP contribution >= 0.6 is 0 Å². The number of H-pyrrole nitrogens is 2. The van der Waals surface area contributed by atoms with Crippen LogP contribution in [-0.2, 0) is 0 Å². The number of amides is 2. The van der Waals surface area contributed by atoms with Gasteiger partial charge >= 0.3 is 6.03 Å². The number of fused-ring (bicyclic) bond motifs is 2. The van der Waals surface area contributed by atoms with Gasteiger partial charge in [0.2, 0.25) is 0 Å². The Balaban J connectivity index is 1.17. The van der Waals surface area contributed by atoms with E-state index in [2.05, 4.69) is 42.4 Å². The zero-order valence-electron chi connectivity index (χ0n) is 16.7. The predicted octanol–water partition coefficient (Wildman–Crippen LogP) is 2.62. The number of hydrogen-bond donors (Lipinski definition) is 3. The summed E-state index contributed by atoms with van der Waals surface area (Å²) in [6.45, 7) is 4.55. The fraction of sp³-hybridized carbons (Fsp3) is 0.500. The molecule has 2 unspecified atom stereocenters. The van der Waals surface area contributed by atoms with Crippen molar-refractivity contribution in [3.8, 4) is 0 Å². The molecule has 2 atom stereocenters. The Morgan fingerprint density at radius 1 is 1.31 bits per heavy atom. The smallest absolute Gasteiger partial charge is 0.323 e. The quantitative estimate of drug-likeness (QED) is 0.631. The molecule has 0 radical (unpaired) electrons. The maximum absolute atomic E-state index is 12.5. The van der Waals surface area contributed by atoms with E-state index in [9.17, 15) is 4.79 Å². The van der Waals surface area contributed by atoms with Crippen LogP contribution in [0.4, 0.5) is 16.4 Å². The molecule has 2 aliphatic rings. The number of anilines is 2. The molecule has 3 aromatic heterocycles. The average molecular weight is 394 g/mol. The third-order valence-electron chi connectivity index (χ3n) is 6.30. The van der Waals surface area contributed by atoms with Crippen LogP contribution in [-0.4, -0.2) is 62.8 Å². The second-order valence-electron chi connectivity index (χ2n) is 8.45. The van der Waals surface area contributed by atoms with E-state index >= 15 is 0 Å². The van der Waals surface area contributed by atoms with E-state index in [0.717, 1.165) is 55.0 Å². The molecule has 1 saturated heterocycles. The van der Waals surface area contributed by atoms with E-state index < -0.39 is 0 Å². The predicted molar refractivity (Wildman–Crippen MR) is 111 cm³/mol. The van der Waals surface area contributed by atoms with Crippen molar-refractivity contribution in [3.05, 3.63) is 30.4 Å². The molecule has 3 aromatic rings. The van der Waals surface area contributed by atoms with Crippen molar-refractivity contribution < 1.29 is 4.79 Å². The van der Waals surface area contributed by atoms with Crippen LogP contribution in [0, 0.1) is 24.7 Å². The summed E-state index contributed by atoms with van der Waals surface area (Å²) in [5.74, 6) is 3.35. The molecule has 1 saturated carbocycles. The largest absolute Gasteiger partial charge is 0.359 e. The van der Waals surface area contributed by atoms with Gasteiger partial charge in [0.25, 0.3) is 0 Å². The number of aryl methyl sites for hydroxylation is 1. The Hall–Kier alpha value is -3.10. The molecule has 2 fully saturated rings. The third kappa shape index (κ3) is 3.41. The van der Waals surface area contributed by atoms with Crippen molar-refractivity contribution >= 4 is 28.7 Å². The molecule has 1 aliphatic heterocycles. The Kier molecular flexibility index (Phi) is 4.37. The summed E-state index contributed by atoms with van der Waals surface area (Å²) in [6, 6.07) is 3.83. The lowest BCUT2D eigenvalue weighted by Crippen LogP contribution is -2.34. The van der Waals surface area contributed by atoms with Gasteiger partial charge in [-0.25, -0.2) is 14.8 Å². The summed E-state index contributed by atoms with van der Waals surface area (Å²) in [4.78, 5) is 28.6. The molecule has 0 bridgehead atoms. The number of carbonyl (C=O) groups is 1. The van der Waals surface area contributed by atoms with Crippen molar-refractivity contribution in [1.29, 1.82) is 0 Å². The van der Waals surface area contributed by atoms with Crippen LogP contribution in [0.3, 0.4) is 0 Å². The second-order valence-corrected chi connectivity index (χ2v) is 8.45. The summed E-state index contributed by atoms with van der Waals surface area (Å²) in [5, 5.41) is 10.9. The van der Waals surface area contributed by atoms with Gasteiger partial charge in [-0.3, -0.25) is 10.4 Å². The molecule has 2 amide bonds. The van der Waals surface area contributed by atoms with Gasteiger partial charge in [-0.2, -0.15) is 5.10 Å². The van der Waals surface area contributed by atoms with Crippen LogP contribution in [0.25, 0.3) is 11.0 Å². The van der Waals surface area contributed by atoms with E-state index in [1.54, 1.807) is 6.33 Å². The van der Waals surface area contributed by atoms with Gasteiger partial charge in [-0.05, 0) is 43.6 Å². The van der Waals surface area contributed by atoms with Gasteiger partial charge in [0.05, 0.1) is 5.39 Å². The average Bonchev–Trinajstić information content (AvgIpc) is 3.44. The van der Waals surface area contributed by atoms with Crippen LogP contribution in [0.5, 0.6) is 0 Å². The van der Waals surface area contributed by atoms with Gasteiger partial charge in [-0.1, -0.05) is 0 Å². The number of aromatic amines is 2. The highest BCUT2D eigenvalue weighted by Gasteiger charge is 2.42. The van der Waals surface area contributed by atoms with Crippen LogP contribution < -0.4 is 10.2 Å². The van der Waals surface area contributed by atoms with Crippen LogP contribution in [0.15, 0.2) is 24.7 Å². The molecule has 3 N–H and O–H groups in total. The zero-order chi connectivity index (χ0) is 20.0. The van der Waals surface area contributed by atoms with Gasteiger partial charge < -0.3 is 14.8 Å². The SMILES string of the molecule is Cc1cc(NC(=O)N2CC3CC(CN(C)c4ncnc5[nH]ccc45)CC3C2)n[nH]1. The summed E-state index contributed by atoms with van der Waals surface area (Å²) in [6.07, 6.45) is 5.83. The minimum absolute atomic E-state index is 0.0459. The van der Waals surface area contributed by atoms with Crippen molar-refractivity contribution in [3.63, 3.8) is 0 Å². The molecule has 5 rings (SSSR count). The summed E-state index contributed by atoms with van der Waals surface area (Å²) in [7, 11) is 2.11. The minimum atomic E-state index is -0.0459. The normalized spacial score (nSPS) is 23.5. The number of aromatic nitrogens is 5. The molecular weight excluding hydrogens is 368 g/mol. The molecule has 29 heavy (non-hydrogen) atoms. The Bertz CT molecular complexity index is 1010. The fourth-order valence-electron chi connectivity index (χ4n) is 5.05. The van der Waals surface area contributed by atoms with E-state index in [1.807, 2.05) is 30.2 Å². The number of nitrogens with zero attached hydrogens (tertiary/aromatic N) is 5. The second kappa shape index (κ2) is 7.06. The first-order valence-electron chi connectivity index (χ1n) is 10.1. The lowest BCUT2D eigenvalue weighted by molar-refractivity contribution is 0.217. The number of hydrogen-bond acceptors (Lipinski definition) is 5. The van der Waals surface area contributed by atoms with E-state index in [-0.39, 0.29) is 6.03 Å². The van der Waals surface area contributed by atoms with Gasteiger partial charge in [0, 0.05) is 44.6 Å². The third-order valence-corrected chi connectivity index (χ3v) is 6.30. The highest BCUT2D eigenvalue weighted by Crippen LogP contribution is 2.42. The van der Waals surface area contributed by atoms with Gasteiger partial charge in [-0.15, -0.1) is 0 Å². The highest BCUT2D eigenvalue weighted by molar-refractivity contribution is 5.88. The molecule has 0 aromatic carbocycles. The molecule has 9 nitrogen and oxygen atoms in total. The molecule has 9 heteroatoms. The molecule has 4 heterocycles. The molecular formula is C20H26N8O. The lowest BCUT2D eigenvalue weighted by Gasteiger charge is -2.24. The summed E-state index contributed by atoms with van der Waals surface area (Å²) < 4.78 is 0. The Labute approximate surface area is 168 Å². The van der Waals surface area contributed by atoms with Crippen molar-refractivity contribution in [2.24, 2.45) is 17.8 Å². The fourth-order valence-corrected chi connectivity index (χ4v) is 5.05. The first-order chi connectivity index (χ1) is 14.1. The highest BCUT2D eigenvalue weighted by atomic mass is 16.2. The minimum Gasteiger partial charge on any atom is -0.359 e. The van der Waals surface area contributed by atoms with Crippen molar-refractivity contribution in [2.75, 3.05) is 36.9 Å². The van der Waals surface area contributed by atoms with Crippen molar-refractivity contribution in [2.45, 2.75) is 19.8 Å². The first-order valence-corrected chi connectivity index (χ1v) is 10.1. The number of carbonyl (C=O) groups excluding carboxylic acids is 1. The topological polar surface area (TPSA) is 106 Å². The maximum Gasteiger partial charge on any atom is 0.323 e. The van der Waals surface area contributed by atoms with Crippen molar-refractivity contribution in [1.82, 2.24) is 30.0 Å². The van der Waals surface area contributed by atoms with Gasteiger partial charge in [0.1, 0.15) is 17.8 Å². The number of urea groups is 1. The maximum atomic E-state index is 12.5. The number of nitrogens with one attached hydrogen (secondary N) is 3. The first kappa shape index (κ1) is 18.0. The van der Waals surface area contributed by atoms with Crippen LogP contribution in [0.2, 0.25) is 0 Å². The van der Waals surface area contributed by atoms with Crippen LogP contribution in [0.1, 0.15) is 18.5 Å².